The molecule has 0 saturated heterocycles. The van der Waals surface area contributed by atoms with Gasteiger partial charge in [-0.1, -0.05) is 0 Å². The summed E-state index contributed by atoms with van der Waals surface area (Å²) in [5.41, 5.74) is 4.50. The topological polar surface area (TPSA) is 139 Å². The summed E-state index contributed by atoms with van der Waals surface area (Å²) in [5, 5.41) is 8.50. The number of halogens is 5. The molecule has 0 atom stereocenters. The average molecular weight is 637 g/mol. The average Bonchev–Trinajstić information content (AvgIpc) is 2.63. The predicted molar refractivity (Wildman–Crippen MR) is 121 cm³/mol. The lowest BCUT2D eigenvalue weighted by Crippen LogP contribution is -2.06. The molecule has 2 heterocycles. The molecule has 0 aliphatic rings. The Hall–Kier alpha value is -0.290. The number of nitrogens with zero attached hydrogens (tertiary/aromatic N) is 6. The van der Waals surface area contributed by atoms with E-state index in [1.807, 2.05) is 0 Å². The molecule has 5 N–H and O–H groups in total. The Morgan fingerprint density at radius 1 is 0.600 bits per heavy atom. The van der Waals surface area contributed by atoms with Crippen molar-refractivity contribution in [1.82, 2.24) is 29.9 Å². The fourth-order valence-electron chi connectivity index (χ4n) is 1.01. The minimum Gasteiger partial charge on any atom is -0.357 e. The maximum Gasteiger partial charge on any atom is 0.229 e. The van der Waals surface area contributed by atoms with Gasteiger partial charge in [-0.15, -0.1) is 0 Å². The Morgan fingerprint density at radius 2 is 0.800 bits per heavy atom. The van der Waals surface area contributed by atoms with Gasteiger partial charge in [-0.2, -0.15) is 29.9 Å². The van der Waals surface area contributed by atoms with Crippen LogP contribution in [0, 0.1) is 0 Å². The van der Waals surface area contributed by atoms with Gasteiger partial charge in [-0.25, -0.2) is 0 Å². The van der Waals surface area contributed by atoms with Crippen LogP contribution in [0.2, 0.25) is 15.9 Å². The molecule has 0 fully saturated rings. The van der Waals surface area contributed by atoms with Crippen LogP contribution in [0.15, 0.2) is 0 Å². The molecule has 15 heteroatoms. The minimum absolute atomic E-state index is 0.000000000000000444. The van der Waals surface area contributed by atoms with Gasteiger partial charge in [0, 0.05) is 58.4 Å². The van der Waals surface area contributed by atoms with Crippen LogP contribution in [0.1, 0.15) is 0 Å². The van der Waals surface area contributed by atoms with E-state index < -0.39 is 0 Å². The molecule has 2 aromatic rings. The number of rotatable bonds is 3. The second-order valence-corrected chi connectivity index (χ2v) is 4.21. The van der Waals surface area contributed by atoms with E-state index >= 15 is 0 Å². The zero-order chi connectivity index (χ0) is 19.8. The van der Waals surface area contributed by atoms with E-state index in [1.165, 1.54) is 7.05 Å². The number of nitrogens with one attached hydrogen (secondary N) is 3. The zero-order valence-electron chi connectivity index (χ0n) is 13.7. The van der Waals surface area contributed by atoms with Gasteiger partial charge in [-0.3, -0.25) is 0 Å². The summed E-state index contributed by atoms with van der Waals surface area (Å²) in [5.74, 6) is 1.62. The van der Waals surface area contributed by atoms with Crippen molar-refractivity contribution >= 4 is 89.9 Å². The van der Waals surface area contributed by atoms with Gasteiger partial charge in [-0.05, 0) is 41.9 Å². The molecule has 25 heavy (non-hydrogen) atoms. The molecule has 0 unspecified atom stereocenters. The first-order valence-electron chi connectivity index (χ1n) is 6.22. The second kappa shape index (κ2) is 17.1. The first-order chi connectivity index (χ1) is 12.0. The van der Waals surface area contributed by atoms with Gasteiger partial charge < -0.3 is 21.7 Å². The van der Waals surface area contributed by atoms with E-state index in [9.17, 15) is 0 Å². The van der Waals surface area contributed by atoms with E-state index in [2.05, 4.69) is 88.8 Å². The van der Waals surface area contributed by atoms with Crippen LogP contribution in [-0.4, -0.2) is 58.1 Å². The van der Waals surface area contributed by atoms with Crippen molar-refractivity contribution in [2.24, 2.45) is 5.73 Å². The molecule has 0 aliphatic carbocycles. The highest BCUT2D eigenvalue weighted by molar-refractivity contribution is 15.0. The SMILES string of the molecule is CN.CNc1nc(NC)nc(NC)n1.Clc1nc(Cl)nc(Cl)n1.II. The lowest BCUT2D eigenvalue weighted by molar-refractivity contribution is 1.04. The Balaban J connectivity index is 0. The Labute approximate surface area is 184 Å². The van der Waals surface area contributed by atoms with E-state index in [-0.39, 0.29) is 15.9 Å². The molecule has 2 rings (SSSR count). The monoisotopic (exact) mass is 636 g/mol. The summed E-state index contributed by atoms with van der Waals surface area (Å²) in [7, 11) is 6.77. The molecular formula is C10H17Cl3I2N10. The third-order valence-corrected chi connectivity index (χ3v) is 2.37. The number of anilines is 3. The molecule has 142 valence electrons. The fourth-order valence-corrected chi connectivity index (χ4v) is 1.62. The van der Waals surface area contributed by atoms with Crippen LogP contribution in [0.5, 0.6) is 0 Å². The van der Waals surface area contributed by atoms with E-state index in [1.54, 1.807) is 21.1 Å². The summed E-state index contributed by atoms with van der Waals surface area (Å²) < 4.78 is 0. The van der Waals surface area contributed by atoms with Gasteiger partial charge in [0.2, 0.25) is 33.7 Å². The van der Waals surface area contributed by atoms with Gasteiger partial charge in [0.05, 0.1) is 0 Å². The molecular weight excluding hydrogens is 620 g/mol. The van der Waals surface area contributed by atoms with Gasteiger partial charge in [0.15, 0.2) is 0 Å². The van der Waals surface area contributed by atoms with Crippen molar-refractivity contribution in [2.75, 3.05) is 44.1 Å². The van der Waals surface area contributed by atoms with E-state index in [4.69, 9.17) is 34.8 Å². The van der Waals surface area contributed by atoms with E-state index in [0.717, 1.165) is 0 Å². The first kappa shape index (κ1) is 26.9. The Kier molecular flexibility index (Phi) is 18.5. The number of hydrogen-bond acceptors (Lipinski definition) is 10. The summed E-state index contributed by atoms with van der Waals surface area (Å²) in [6.07, 6.45) is 0. The van der Waals surface area contributed by atoms with Crippen molar-refractivity contribution in [3.63, 3.8) is 0 Å². The maximum absolute atomic E-state index is 5.32. The number of nitrogens with two attached hydrogens (primary N) is 1. The summed E-state index contributed by atoms with van der Waals surface area (Å²) in [6, 6.07) is 0. The third-order valence-electron chi connectivity index (χ3n) is 1.86. The third kappa shape index (κ3) is 12.7. The maximum atomic E-state index is 5.32. The van der Waals surface area contributed by atoms with Gasteiger partial charge in [0.25, 0.3) is 0 Å². The van der Waals surface area contributed by atoms with Crippen LogP contribution in [0.25, 0.3) is 0 Å². The summed E-state index contributed by atoms with van der Waals surface area (Å²) >= 11 is 20.2. The highest BCUT2D eigenvalue weighted by Gasteiger charge is 2.01. The van der Waals surface area contributed by atoms with Crippen molar-refractivity contribution in [3.8, 4) is 0 Å². The van der Waals surface area contributed by atoms with Crippen molar-refractivity contribution in [1.29, 1.82) is 0 Å². The smallest absolute Gasteiger partial charge is 0.229 e. The second-order valence-electron chi connectivity index (χ2n) is 3.20. The molecule has 10 nitrogen and oxygen atoms in total. The minimum atomic E-state index is 0.000000000000000444. The number of aromatic nitrogens is 6. The molecule has 0 amide bonds. The first-order valence-corrected chi connectivity index (χ1v) is 13.6. The lowest BCUT2D eigenvalue weighted by Gasteiger charge is -2.04. The summed E-state index contributed by atoms with van der Waals surface area (Å²) in [4.78, 5) is 22.5. The molecule has 0 radical (unpaired) electrons. The van der Waals surface area contributed by atoms with Crippen LogP contribution < -0.4 is 21.7 Å². The largest absolute Gasteiger partial charge is 0.357 e. The van der Waals surface area contributed by atoms with Crippen molar-refractivity contribution < 1.29 is 0 Å². The van der Waals surface area contributed by atoms with Crippen molar-refractivity contribution in [3.05, 3.63) is 15.9 Å². The molecule has 0 bridgehead atoms. The van der Waals surface area contributed by atoms with Crippen LogP contribution in [0.3, 0.4) is 0 Å². The van der Waals surface area contributed by atoms with Gasteiger partial charge in [0.1, 0.15) is 0 Å². The quantitative estimate of drug-likeness (QED) is 0.372. The Bertz CT molecular complexity index is 501. The molecule has 0 spiro atoms. The highest BCUT2D eigenvalue weighted by atomic mass is 128. The van der Waals surface area contributed by atoms with Gasteiger partial charge >= 0.3 is 0 Å². The molecule has 2 aromatic heterocycles. The van der Waals surface area contributed by atoms with Crippen molar-refractivity contribution in [2.45, 2.75) is 0 Å². The highest BCUT2D eigenvalue weighted by Crippen LogP contribution is 2.09. The Morgan fingerprint density at radius 3 is 0.960 bits per heavy atom. The number of hydrogen-bond donors (Lipinski definition) is 4. The predicted octanol–water partition coefficient (Wildman–Crippen LogP) is 3.17. The zero-order valence-corrected chi connectivity index (χ0v) is 20.2. The van der Waals surface area contributed by atoms with Crippen LogP contribution in [0.4, 0.5) is 17.8 Å². The summed E-state index contributed by atoms with van der Waals surface area (Å²) in [6.45, 7) is 0. The molecule has 0 aliphatic heterocycles. The molecule has 0 aromatic carbocycles. The van der Waals surface area contributed by atoms with Crippen LogP contribution >= 0.6 is 72.0 Å². The normalized spacial score (nSPS) is 8.40. The fraction of sp³-hybridized carbons (Fsp3) is 0.400. The standard InChI is InChI=1S/C6H12N6.C3Cl3N3.CH5N.I2/c1-7-4-10-5(8-2)12-6(9-3)11-4;4-1-7-2(5)9-3(6)8-1;2*1-2/h1-3H3,(H3,7,8,9,10,11,12);;2H2,1H3;. The lowest BCUT2D eigenvalue weighted by atomic mass is 10.8. The van der Waals surface area contributed by atoms with E-state index in [0.29, 0.717) is 17.8 Å². The molecule has 0 saturated carbocycles. The van der Waals surface area contributed by atoms with Crippen LogP contribution in [-0.2, 0) is 0 Å².